The molecule has 1 fully saturated rings. The number of aryl methyl sites for hydroxylation is 3. The van der Waals surface area contributed by atoms with Crippen LogP contribution in [0.5, 0.6) is 0 Å². The van der Waals surface area contributed by atoms with Gasteiger partial charge in [0.15, 0.2) is 5.76 Å². The standard InChI is InChI=1S/C22H24N4O3S2/c1-14-23-20(19-15-5-2-3-7-17(15)31-21(19)24-14)30-13-18(27)25-8-10-26(11-9-25)22(28)16-6-4-12-29-16/h4,6,12H,2-3,5,7-11,13H2,1H3. The van der Waals surface area contributed by atoms with E-state index in [1.54, 1.807) is 28.4 Å². The molecule has 3 aromatic rings. The summed E-state index contributed by atoms with van der Waals surface area (Å²) in [7, 11) is 0. The normalized spacial score (nSPS) is 16.5. The van der Waals surface area contributed by atoms with Crippen LogP contribution in [0.2, 0.25) is 0 Å². The van der Waals surface area contributed by atoms with Crippen LogP contribution in [0.3, 0.4) is 0 Å². The van der Waals surface area contributed by atoms with Gasteiger partial charge in [-0.2, -0.15) is 0 Å². The first-order valence-corrected chi connectivity index (χ1v) is 12.4. The van der Waals surface area contributed by atoms with E-state index < -0.39 is 0 Å². The van der Waals surface area contributed by atoms with Crippen molar-refractivity contribution in [3.05, 3.63) is 40.4 Å². The molecule has 1 aliphatic heterocycles. The molecule has 0 bridgehead atoms. The molecule has 7 nitrogen and oxygen atoms in total. The fourth-order valence-corrected chi connectivity index (χ4v) is 6.64. The predicted molar refractivity (Wildman–Crippen MR) is 121 cm³/mol. The molecule has 0 unspecified atom stereocenters. The zero-order chi connectivity index (χ0) is 21.4. The molecule has 31 heavy (non-hydrogen) atoms. The summed E-state index contributed by atoms with van der Waals surface area (Å²) in [5.74, 6) is 1.42. The Balaban J connectivity index is 1.24. The second kappa shape index (κ2) is 8.63. The van der Waals surface area contributed by atoms with Crippen LogP contribution in [0, 0.1) is 6.92 Å². The Hall–Kier alpha value is -2.39. The van der Waals surface area contributed by atoms with Crippen LogP contribution in [-0.2, 0) is 17.6 Å². The van der Waals surface area contributed by atoms with Crippen molar-refractivity contribution < 1.29 is 14.0 Å². The van der Waals surface area contributed by atoms with E-state index in [0.717, 1.165) is 33.9 Å². The monoisotopic (exact) mass is 456 g/mol. The molecule has 0 radical (unpaired) electrons. The summed E-state index contributed by atoms with van der Waals surface area (Å²) in [4.78, 5) is 40.7. The molecule has 162 valence electrons. The highest BCUT2D eigenvalue weighted by atomic mass is 32.2. The fourth-order valence-electron chi connectivity index (χ4n) is 4.27. The van der Waals surface area contributed by atoms with Gasteiger partial charge in [0.05, 0.1) is 12.0 Å². The zero-order valence-corrected chi connectivity index (χ0v) is 19.1. The van der Waals surface area contributed by atoms with Gasteiger partial charge < -0.3 is 14.2 Å². The number of aromatic nitrogens is 2. The van der Waals surface area contributed by atoms with E-state index in [9.17, 15) is 9.59 Å². The maximum absolute atomic E-state index is 12.9. The van der Waals surface area contributed by atoms with E-state index >= 15 is 0 Å². The van der Waals surface area contributed by atoms with Crippen LogP contribution in [0.4, 0.5) is 0 Å². The van der Waals surface area contributed by atoms with Gasteiger partial charge in [0.25, 0.3) is 5.91 Å². The average molecular weight is 457 g/mol. The van der Waals surface area contributed by atoms with E-state index in [1.807, 2.05) is 11.8 Å². The Morgan fingerprint density at radius 2 is 1.90 bits per heavy atom. The number of hydrogen-bond acceptors (Lipinski definition) is 7. The summed E-state index contributed by atoms with van der Waals surface area (Å²) in [6.45, 7) is 4.03. The Kier molecular flexibility index (Phi) is 5.71. The molecule has 0 saturated carbocycles. The van der Waals surface area contributed by atoms with Gasteiger partial charge in [-0.05, 0) is 50.3 Å². The van der Waals surface area contributed by atoms with Crippen molar-refractivity contribution >= 4 is 45.1 Å². The molecule has 1 saturated heterocycles. The topological polar surface area (TPSA) is 79.5 Å². The number of fused-ring (bicyclic) bond motifs is 3. The van der Waals surface area contributed by atoms with E-state index in [-0.39, 0.29) is 11.8 Å². The van der Waals surface area contributed by atoms with Gasteiger partial charge in [0.1, 0.15) is 15.7 Å². The number of carbonyl (C=O) groups excluding carboxylic acids is 2. The highest BCUT2D eigenvalue weighted by Crippen LogP contribution is 2.39. The summed E-state index contributed by atoms with van der Waals surface area (Å²) in [5, 5.41) is 2.10. The maximum atomic E-state index is 12.9. The van der Waals surface area contributed by atoms with Crippen LogP contribution in [-0.4, -0.2) is 63.5 Å². The Morgan fingerprint density at radius 1 is 1.13 bits per heavy atom. The first-order chi connectivity index (χ1) is 15.1. The lowest BCUT2D eigenvalue weighted by atomic mass is 9.97. The first kappa shape index (κ1) is 20.5. The third-order valence-electron chi connectivity index (χ3n) is 5.88. The summed E-state index contributed by atoms with van der Waals surface area (Å²) in [5.41, 5.74) is 1.39. The van der Waals surface area contributed by atoms with Crippen LogP contribution in [0.25, 0.3) is 10.2 Å². The smallest absolute Gasteiger partial charge is 0.289 e. The largest absolute Gasteiger partial charge is 0.459 e. The summed E-state index contributed by atoms with van der Waals surface area (Å²) >= 11 is 3.30. The van der Waals surface area contributed by atoms with Crippen LogP contribution < -0.4 is 0 Å². The molecule has 0 spiro atoms. The van der Waals surface area contributed by atoms with Gasteiger partial charge >= 0.3 is 0 Å². The zero-order valence-electron chi connectivity index (χ0n) is 17.4. The highest BCUT2D eigenvalue weighted by molar-refractivity contribution is 8.00. The van der Waals surface area contributed by atoms with Gasteiger partial charge in [0, 0.05) is 36.4 Å². The number of thioether (sulfide) groups is 1. The van der Waals surface area contributed by atoms with Crippen molar-refractivity contribution in [1.29, 1.82) is 0 Å². The van der Waals surface area contributed by atoms with Gasteiger partial charge in [-0.25, -0.2) is 9.97 Å². The van der Waals surface area contributed by atoms with Crippen molar-refractivity contribution in [3.8, 4) is 0 Å². The maximum Gasteiger partial charge on any atom is 0.289 e. The van der Waals surface area contributed by atoms with Crippen molar-refractivity contribution in [3.63, 3.8) is 0 Å². The number of nitrogens with zero attached hydrogens (tertiary/aromatic N) is 4. The number of amides is 2. The summed E-state index contributed by atoms with van der Waals surface area (Å²) in [6.07, 6.45) is 6.15. The molecule has 3 aromatic heterocycles. The number of carbonyl (C=O) groups is 2. The summed E-state index contributed by atoms with van der Waals surface area (Å²) in [6, 6.07) is 3.38. The Morgan fingerprint density at radius 3 is 2.68 bits per heavy atom. The molecule has 0 atom stereocenters. The lowest BCUT2D eigenvalue weighted by Crippen LogP contribution is -2.51. The molecule has 0 N–H and O–H groups in total. The molecule has 2 aliphatic rings. The molecular weight excluding hydrogens is 432 g/mol. The Labute approximate surface area is 188 Å². The minimum Gasteiger partial charge on any atom is -0.459 e. The van der Waals surface area contributed by atoms with E-state index in [0.29, 0.717) is 37.7 Å². The highest BCUT2D eigenvalue weighted by Gasteiger charge is 2.27. The van der Waals surface area contributed by atoms with E-state index in [2.05, 4.69) is 9.97 Å². The van der Waals surface area contributed by atoms with Crippen molar-refractivity contribution in [1.82, 2.24) is 19.8 Å². The molecule has 0 aromatic carbocycles. The number of hydrogen-bond donors (Lipinski definition) is 0. The fraction of sp³-hybridized carbons (Fsp3) is 0.455. The van der Waals surface area contributed by atoms with Gasteiger partial charge in [-0.3, -0.25) is 9.59 Å². The second-order valence-electron chi connectivity index (χ2n) is 7.91. The third kappa shape index (κ3) is 4.08. The predicted octanol–water partition coefficient (Wildman–Crippen LogP) is 3.55. The lowest BCUT2D eigenvalue weighted by molar-refractivity contribution is -0.129. The summed E-state index contributed by atoms with van der Waals surface area (Å²) < 4.78 is 5.20. The lowest BCUT2D eigenvalue weighted by Gasteiger charge is -2.34. The van der Waals surface area contributed by atoms with E-state index in [4.69, 9.17) is 4.42 Å². The average Bonchev–Trinajstić information content (AvgIpc) is 3.44. The van der Waals surface area contributed by atoms with Crippen LogP contribution in [0.15, 0.2) is 27.8 Å². The number of thiophene rings is 1. The molecule has 1 aliphatic carbocycles. The van der Waals surface area contributed by atoms with Crippen LogP contribution in [0.1, 0.15) is 39.7 Å². The number of piperazine rings is 1. The minimum atomic E-state index is -0.118. The quantitative estimate of drug-likeness (QED) is 0.441. The van der Waals surface area contributed by atoms with Gasteiger partial charge in [-0.15, -0.1) is 11.3 Å². The molecular formula is C22H24N4O3S2. The molecule has 2 amide bonds. The van der Waals surface area contributed by atoms with Crippen molar-refractivity contribution in [2.45, 2.75) is 37.6 Å². The Bertz CT molecular complexity index is 1120. The molecule has 5 rings (SSSR count). The molecule has 4 heterocycles. The van der Waals surface area contributed by atoms with Crippen molar-refractivity contribution in [2.24, 2.45) is 0 Å². The SMILES string of the molecule is Cc1nc(SCC(=O)N2CCN(C(=O)c3ccco3)CC2)c2c3c(sc2n1)CCCC3. The van der Waals surface area contributed by atoms with Gasteiger partial charge in [0.2, 0.25) is 5.91 Å². The van der Waals surface area contributed by atoms with E-state index in [1.165, 1.54) is 41.3 Å². The third-order valence-corrected chi connectivity index (χ3v) is 8.02. The number of furan rings is 1. The first-order valence-electron chi connectivity index (χ1n) is 10.6. The van der Waals surface area contributed by atoms with Gasteiger partial charge in [-0.1, -0.05) is 11.8 Å². The second-order valence-corrected chi connectivity index (χ2v) is 9.95. The van der Waals surface area contributed by atoms with Crippen LogP contribution >= 0.6 is 23.1 Å². The minimum absolute atomic E-state index is 0.0867. The molecule has 9 heteroatoms. The van der Waals surface area contributed by atoms with Crippen molar-refractivity contribution in [2.75, 3.05) is 31.9 Å². The number of rotatable bonds is 4.